The molecule has 5 rings (SSSR count). The molecule has 1 saturated heterocycles. The summed E-state index contributed by atoms with van der Waals surface area (Å²) in [7, 11) is 0. The Bertz CT molecular complexity index is 1380. The lowest BCUT2D eigenvalue weighted by Gasteiger charge is -2.28. The molecule has 188 valence electrons. The summed E-state index contributed by atoms with van der Waals surface area (Å²) in [5.74, 6) is -0.383. The Hall–Kier alpha value is -4.50. The van der Waals surface area contributed by atoms with Crippen molar-refractivity contribution in [1.82, 2.24) is 15.1 Å². The number of hydrogen-bond donors (Lipinski definition) is 1. The number of nitro benzene ring substituents is 1. The van der Waals surface area contributed by atoms with Gasteiger partial charge in [-0.3, -0.25) is 19.6 Å². The van der Waals surface area contributed by atoms with Crippen molar-refractivity contribution < 1.29 is 14.5 Å². The van der Waals surface area contributed by atoms with Gasteiger partial charge >= 0.3 is 0 Å². The lowest BCUT2D eigenvalue weighted by molar-refractivity contribution is -0.384. The highest BCUT2D eigenvalue weighted by Gasteiger charge is 2.23. The Labute approximate surface area is 214 Å². The third-order valence-corrected chi connectivity index (χ3v) is 6.30. The molecule has 9 nitrogen and oxygen atoms in total. The Morgan fingerprint density at radius 2 is 1.70 bits per heavy atom. The number of aromatic nitrogens is 2. The average molecular weight is 498 g/mol. The molecule has 0 aliphatic carbocycles. The quantitative estimate of drug-likeness (QED) is 0.288. The Morgan fingerprint density at radius 1 is 1.00 bits per heavy atom. The van der Waals surface area contributed by atoms with E-state index in [0.717, 1.165) is 22.4 Å². The first-order valence-electron chi connectivity index (χ1n) is 12.1. The van der Waals surface area contributed by atoms with Crippen molar-refractivity contribution in [3.63, 3.8) is 0 Å². The van der Waals surface area contributed by atoms with Crippen LogP contribution in [0.15, 0.2) is 85.1 Å². The number of morpholine rings is 1. The summed E-state index contributed by atoms with van der Waals surface area (Å²) in [4.78, 5) is 26.3. The second-order valence-electron chi connectivity index (χ2n) is 8.79. The summed E-state index contributed by atoms with van der Waals surface area (Å²) in [5, 5.41) is 19.5. The van der Waals surface area contributed by atoms with Crippen molar-refractivity contribution in [2.75, 3.05) is 31.2 Å². The molecule has 2 heterocycles. The maximum atomic E-state index is 13.0. The molecule has 1 aliphatic heterocycles. The van der Waals surface area contributed by atoms with Crippen LogP contribution in [-0.2, 0) is 17.8 Å². The minimum absolute atomic E-state index is 0.0878. The van der Waals surface area contributed by atoms with Crippen molar-refractivity contribution in [1.29, 1.82) is 0 Å². The van der Waals surface area contributed by atoms with Crippen LogP contribution in [0.1, 0.15) is 21.5 Å². The number of carbonyl (C=O) groups is 1. The molecule has 3 aromatic carbocycles. The van der Waals surface area contributed by atoms with E-state index in [4.69, 9.17) is 9.84 Å². The van der Waals surface area contributed by atoms with Gasteiger partial charge in [0.25, 0.3) is 11.6 Å². The fourth-order valence-electron chi connectivity index (χ4n) is 4.44. The number of amides is 1. The molecule has 4 aromatic rings. The van der Waals surface area contributed by atoms with Gasteiger partial charge in [0.2, 0.25) is 0 Å². The van der Waals surface area contributed by atoms with E-state index >= 15 is 0 Å². The maximum Gasteiger partial charge on any atom is 0.293 e. The van der Waals surface area contributed by atoms with E-state index in [1.54, 1.807) is 12.1 Å². The molecule has 9 heteroatoms. The van der Waals surface area contributed by atoms with Crippen LogP contribution in [0, 0.1) is 10.1 Å². The summed E-state index contributed by atoms with van der Waals surface area (Å²) < 4.78 is 7.21. The highest BCUT2D eigenvalue weighted by molar-refractivity contribution is 5.95. The highest BCUT2D eigenvalue weighted by Crippen LogP contribution is 2.30. The predicted molar refractivity (Wildman–Crippen MR) is 141 cm³/mol. The SMILES string of the molecule is O=C(NCc1cn(Cc2ccccc2)nc1-c1ccccc1)c1ccc(N2CCOCC2)c([N+](=O)[O-])c1. The molecule has 0 radical (unpaired) electrons. The van der Waals surface area contributed by atoms with Gasteiger partial charge in [0, 0.05) is 48.6 Å². The number of benzene rings is 3. The fourth-order valence-corrected chi connectivity index (χ4v) is 4.44. The van der Waals surface area contributed by atoms with Crippen molar-refractivity contribution in [2.45, 2.75) is 13.1 Å². The molecule has 37 heavy (non-hydrogen) atoms. The minimum Gasteiger partial charge on any atom is -0.378 e. The van der Waals surface area contributed by atoms with E-state index in [0.29, 0.717) is 38.5 Å². The van der Waals surface area contributed by atoms with Gasteiger partial charge in [0.05, 0.1) is 30.4 Å². The van der Waals surface area contributed by atoms with Crippen LogP contribution >= 0.6 is 0 Å². The number of hydrogen-bond acceptors (Lipinski definition) is 6. The number of nitrogens with one attached hydrogen (secondary N) is 1. The van der Waals surface area contributed by atoms with E-state index in [2.05, 4.69) is 5.32 Å². The van der Waals surface area contributed by atoms with Gasteiger partial charge < -0.3 is 15.0 Å². The minimum atomic E-state index is -0.442. The molecule has 0 spiro atoms. The zero-order chi connectivity index (χ0) is 25.6. The van der Waals surface area contributed by atoms with Gasteiger partial charge in [-0.1, -0.05) is 60.7 Å². The third-order valence-electron chi connectivity index (χ3n) is 6.30. The van der Waals surface area contributed by atoms with Crippen LogP contribution in [-0.4, -0.2) is 46.9 Å². The number of nitro groups is 1. The number of anilines is 1. The number of carbonyl (C=O) groups excluding carboxylic acids is 1. The largest absolute Gasteiger partial charge is 0.378 e. The molecular weight excluding hydrogens is 470 g/mol. The van der Waals surface area contributed by atoms with Gasteiger partial charge in [-0.05, 0) is 17.7 Å². The summed E-state index contributed by atoms with van der Waals surface area (Å²) in [6.45, 7) is 3.01. The van der Waals surface area contributed by atoms with Gasteiger partial charge in [-0.15, -0.1) is 0 Å². The van der Waals surface area contributed by atoms with Crippen LogP contribution in [0.3, 0.4) is 0 Å². The van der Waals surface area contributed by atoms with Gasteiger partial charge in [0.1, 0.15) is 5.69 Å². The first kappa shape index (κ1) is 24.2. The molecule has 0 unspecified atom stereocenters. The first-order chi connectivity index (χ1) is 18.1. The second-order valence-corrected chi connectivity index (χ2v) is 8.79. The molecule has 1 aliphatic rings. The van der Waals surface area contributed by atoms with Crippen LogP contribution < -0.4 is 10.2 Å². The molecular formula is C28H27N5O4. The average Bonchev–Trinajstić information content (AvgIpc) is 3.35. The summed E-state index contributed by atoms with van der Waals surface area (Å²) in [6.07, 6.45) is 1.93. The molecule has 1 aromatic heterocycles. The summed E-state index contributed by atoms with van der Waals surface area (Å²) in [6, 6.07) is 24.4. The lowest BCUT2D eigenvalue weighted by Crippen LogP contribution is -2.36. The second kappa shape index (κ2) is 11.0. The van der Waals surface area contributed by atoms with Crippen LogP contribution in [0.5, 0.6) is 0 Å². The molecule has 0 bridgehead atoms. The van der Waals surface area contributed by atoms with E-state index < -0.39 is 4.92 Å². The van der Waals surface area contributed by atoms with Gasteiger partial charge in [-0.2, -0.15) is 5.10 Å². The molecule has 0 saturated carbocycles. The van der Waals surface area contributed by atoms with Crippen LogP contribution in [0.2, 0.25) is 0 Å². The standard InChI is InChI=1S/C28H27N5O4/c34-28(23-11-12-25(26(17-23)33(35)36)31-13-15-37-16-14-31)29-18-24-20-32(19-21-7-3-1-4-8-21)30-27(24)22-9-5-2-6-10-22/h1-12,17,20H,13-16,18-19H2,(H,29,34). The van der Waals surface area contributed by atoms with E-state index in [9.17, 15) is 14.9 Å². The number of nitrogens with zero attached hydrogens (tertiary/aromatic N) is 4. The smallest absolute Gasteiger partial charge is 0.293 e. The Morgan fingerprint density at radius 3 is 2.41 bits per heavy atom. The molecule has 0 atom stereocenters. The van der Waals surface area contributed by atoms with Crippen molar-refractivity contribution >= 4 is 17.3 Å². The monoisotopic (exact) mass is 497 g/mol. The zero-order valence-electron chi connectivity index (χ0n) is 20.2. The third kappa shape index (κ3) is 5.68. The van der Waals surface area contributed by atoms with Gasteiger partial charge in [-0.25, -0.2) is 0 Å². The van der Waals surface area contributed by atoms with Crippen LogP contribution in [0.25, 0.3) is 11.3 Å². The summed E-state index contributed by atoms with van der Waals surface area (Å²) in [5.41, 5.74) is 4.35. The highest BCUT2D eigenvalue weighted by atomic mass is 16.6. The molecule has 1 N–H and O–H groups in total. The topological polar surface area (TPSA) is 103 Å². The molecule has 1 fully saturated rings. The Balaban J connectivity index is 1.36. The maximum absolute atomic E-state index is 13.0. The van der Waals surface area contributed by atoms with Gasteiger partial charge in [0.15, 0.2) is 0 Å². The number of rotatable bonds is 8. The first-order valence-corrected chi connectivity index (χ1v) is 12.1. The van der Waals surface area contributed by atoms with Crippen LogP contribution in [0.4, 0.5) is 11.4 Å². The molecule has 1 amide bonds. The fraction of sp³-hybridized carbons (Fsp3) is 0.214. The van der Waals surface area contributed by atoms with E-state index in [-0.39, 0.29) is 23.7 Å². The van der Waals surface area contributed by atoms with E-state index in [1.165, 1.54) is 6.07 Å². The lowest BCUT2D eigenvalue weighted by atomic mass is 10.1. The number of ether oxygens (including phenoxy) is 1. The van der Waals surface area contributed by atoms with Crippen molar-refractivity contribution in [2.24, 2.45) is 0 Å². The summed E-state index contributed by atoms with van der Waals surface area (Å²) >= 11 is 0. The predicted octanol–water partition coefficient (Wildman–Crippen LogP) is 4.27. The van der Waals surface area contributed by atoms with Crippen molar-refractivity contribution in [3.8, 4) is 11.3 Å². The van der Waals surface area contributed by atoms with E-state index in [1.807, 2.05) is 76.4 Å². The zero-order valence-corrected chi connectivity index (χ0v) is 20.2. The normalized spacial score (nSPS) is 13.4. The van der Waals surface area contributed by atoms with Crippen molar-refractivity contribution in [3.05, 3.63) is 112 Å². The Kier molecular flexibility index (Phi) is 7.23.